The van der Waals surface area contributed by atoms with E-state index in [1.165, 1.54) is 0 Å². The van der Waals surface area contributed by atoms with Crippen molar-refractivity contribution in [2.45, 2.75) is 13.0 Å². The van der Waals surface area contributed by atoms with Gasteiger partial charge in [0.05, 0.1) is 31.9 Å². The molecule has 1 amide bonds. The van der Waals surface area contributed by atoms with Gasteiger partial charge < -0.3 is 14.5 Å². The van der Waals surface area contributed by atoms with E-state index in [0.29, 0.717) is 38.6 Å². The van der Waals surface area contributed by atoms with Crippen molar-refractivity contribution >= 4 is 5.91 Å². The number of aromatic nitrogens is 3. The molecule has 2 aromatic rings. The fourth-order valence-electron chi connectivity index (χ4n) is 3.69. The largest absolute Gasteiger partial charge is 0.379 e. The SMILES string of the molecule is O=C1CCOCCN1CCN1CC(Cn2nc(-c3cccnc3)ccc2=O)C1. The monoisotopic (exact) mass is 383 g/mol. The summed E-state index contributed by atoms with van der Waals surface area (Å²) in [5.41, 5.74) is 1.57. The first-order valence-corrected chi connectivity index (χ1v) is 9.75. The third-order valence-corrected chi connectivity index (χ3v) is 5.29. The quantitative estimate of drug-likeness (QED) is 0.722. The lowest BCUT2D eigenvalue weighted by Crippen LogP contribution is -2.52. The highest BCUT2D eigenvalue weighted by Crippen LogP contribution is 2.18. The van der Waals surface area contributed by atoms with Gasteiger partial charge in [0.2, 0.25) is 5.91 Å². The van der Waals surface area contributed by atoms with Crippen molar-refractivity contribution in [3.05, 3.63) is 47.0 Å². The summed E-state index contributed by atoms with van der Waals surface area (Å²) in [6, 6.07) is 7.10. The molecule has 0 unspecified atom stereocenters. The average molecular weight is 383 g/mol. The molecule has 8 heteroatoms. The van der Waals surface area contributed by atoms with Crippen molar-refractivity contribution in [1.29, 1.82) is 0 Å². The van der Waals surface area contributed by atoms with Crippen LogP contribution in [0.4, 0.5) is 0 Å². The Labute approximate surface area is 163 Å². The molecule has 2 aliphatic rings. The van der Waals surface area contributed by atoms with Gasteiger partial charge in [-0.05, 0) is 18.2 Å². The molecule has 0 saturated carbocycles. The van der Waals surface area contributed by atoms with Crippen LogP contribution >= 0.6 is 0 Å². The maximum absolute atomic E-state index is 12.2. The fourth-order valence-corrected chi connectivity index (χ4v) is 3.69. The number of likely N-dealkylation sites (tertiary alicyclic amines) is 1. The zero-order valence-corrected chi connectivity index (χ0v) is 15.9. The van der Waals surface area contributed by atoms with E-state index in [-0.39, 0.29) is 11.5 Å². The van der Waals surface area contributed by atoms with Crippen molar-refractivity contribution in [1.82, 2.24) is 24.6 Å². The summed E-state index contributed by atoms with van der Waals surface area (Å²) in [4.78, 5) is 32.5. The minimum atomic E-state index is -0.0822. The van der Waals surface area contributed by atoms with Gasteiger partial charge in [-0.2, -0.15) is 5.10 Å². The Morgan fingerprint density at radius 1 is 1.11 bits per heavy atom. The first-order chi connectivity index (χ1) is 13.7. The normalized spacial score (nSPS) is 18.7. The molecule has 0 spiro atoms. The summed E-state index contributed by atoms with van der Waals surface area (Å²) in [5.74, 6) is 0.579. The Hall–Kier alpha value is -2.58. The lowest BCUT2D eigenvalue weighted by atomic mass is 10.0. The zero-order chi connectivity index (χ0) is 19.3. The number of nitrogens with zero attached hydrogens (tertiary/aromatic N) is 5. The van der Waals surface area contributed by atoms with E-state index in [1.807, 2.05) is 17.0 Å². The molecule has 0 aliphatic carbocycles. The first kappa shape index (κ1) is 18.8. The van der Waals surface area contributed by atoms with E-state index in [4.69, 9.17) is 4.74 Å². The van der Waals surface area contributed by atoms with E-state index in [9.17, 15) is 9.59 Å². The molecule has 2 aliphatic heterocycles. The van der Waals surface area contributed by atoms with Crippen LogP contribution < -0.4 is 5.56 Å². The molecule has 2 saturated heterocycles. The van der Waals surface area contributed by atoms with Gasteiger partial charge in [0.1, 0.15) is 0 Å². The molecule has 4 rings (SSSR count). The number of hydrogen-bond acceptors (Lipinski definition) is 6. The zero-order valence-electron chi connectivity index (χ0n) is 15.9. The van der Waals surface area contributed by atoms with Gasteiger partial charge >= 0.3 is 0 Å². The highest BCUT2D eigenvalue weighted by Gasteiger charge is 2.28. The third-order valence-electron chi connectivity index (χ3n) is 5.29. The lowest BCUT2D eigenvalue weighted by molar-refractivity contribution is -0.130. The molecule has 2 aromatic heterocycles. The van der Waals surface area contributed by atoms with Gasteiger partial charge in [0.25, 0.3) is 5.56 Å². The second-order valence-corrected chi connectivity index (χ2v) is 7.35. The minimum Gasteiger partial charge on any atom is -0.379 e. The van der Waals surface area contributed by atoms with Crippen molar-refractivity contribution in [3.63, 3.8) is 0 Å². The molecule has 0 aromatic carbocycles. The molecule has 2 fully saturated rings. The summed E-state index contributed by atoms with van der Waals surface area (Å²) >= 11 is 0. The van der Waals surface area contributed by atoms with Crippen LogP contribution in [0.1, 0.15) is 6.42 Å². The van der Waals surface area contributed by atoms with Crippen LogP contribution in [0.5, 0.6) is 0 Å². The van der Waals surface area contributed by atoms with E-state index in [0.717, 1.165) is 37.4 Å². The van der Waals surface area contributed by atoms with Crippen LogP contribution in [0.15, 0.2) is 41.5 Å². The van der Waals surface area contributed by atoms with Gasteiger partial charge in [-0.3, -0.25) is 14.6 Å². The third kappa shape index (κ3) is 4.45. The van der Waals surface area contributed by atoms with Crippen molar-refractivity contribution in [2.75, 3.05) is 45.9 Å². The number of carbonyl (C=O) groups excluding carboxylic acids is 1. The molecule has 148 valence electrons. The standard InChI is InChI=1S/C20H25N5O3/c26-19-5-10-28-11-9-24(19)8-7-23-13-16(14-23)15-25-20(27)4-3-18(22-25)17-2-1-6-21-12-17/h1-4,6,12,16H,5,7-11,13-15H2. The van der Waals surface area contributed by atoms with Crippen LogP contribution in [0.25, 0.3) is 11.3 Å². The summed E-state index contributed by atoms with van der Waals surface area (Å²) in [6.45, 7) is 5.88. The molecule has 4 heterocycles. The van der Waals surface area contributed by atoms with E-state index < -0.39 is 0 Å². The topological polar surface area (TPSA) is 80.6 Å². The van der Waals surface area contributed by atoms with Crippen LogP contribution in [0.2, 0.25) is 0 Å². The van der Waals surface area contributed by atoms with Crippen molar-refractivity contribution in [2.24, 2.45) is 5.92 Å². The van der Waals surface area contributed by atoms with Crippen molar-refractivity contribution < 1.29 is 9.53 Å². The molecular weight excluding hydrogens is 358 g/mol. The Bertz CT molecular complexity index is 864. The van der Waals surface area contributed by atoms with Gasteiger partial charge in [0, 0.05) is 62.7 Å². The number of pyridine rings is 1. The Morgan fingerprint density at radius 2 is 2.00 bits per heavy atom. The lowest BCUT2D eigenvalue weighted by Gasteiger charge is -2.40. The molecule has 8 nitrogen and oxygen atoms in total. The van der Waals surface area contributed by atoms with Crippen LogP contribution in [0, 0.1) is 5.92 Å². The first-order valence-electron chi connectivity index (χ1n) is 9.75. The summed E-state index contributed by atoms with van der Waals surface area (Å²) in [5, 5.41) is 4.51. The maximum atomic E-state index is 12.2. The fraction of sp³-hybridized carbons (Fsp3) is 0.500. The van der Waals surface area contributed by atoms with Crippen LogP contribution in [-0.4, -0.2) is 76.4 Å². The molecule has 28 heavy (non-hydrogen) atoms. The predicted octanol–water partition coefficient (Wildman–Crippen LogP) is 0.486. The number of hydrogen-bond donors (Lipinski definition) is 0. The molecule has 0 bridgehead atoms. The maximum Gasteiger partial charge on any atom is 0.266 e. The van der Waals surface area contributed by atoms with E-state index >= 15 is 0 Å². The Morgan fingerprint density at radius 3 is 2.82 bits per heavy atom. The average Bonchev–Trinajstić information content (AvgIpc) is 2.89. The second kappa shape index (κ2) is 8.62. The Kier molecular flexibility index (Phi) is 5.78. The minimum absolute atomic E-state index is 0.0822. The van der Waals surface area contributed by atoms with E-state index in [2.05, 4.69) is 15.0 Å². The number of amides is 1. The number of ether oxygens (including phenoxy) is 1. The van der Waals surface area contributed by atoms with Gasteiger partial charge in [0.15, 0.2) is 0 Å². The van der Waals surface area contributed by atoms with Gasteiger partial charge in [-0.15, -0.1) is 0 Å². The van der Waals surface area contributed by atoms with Crippen LogP contribution in [-0.2, 0) is 16.1 Å². The van der Waals surface area contributed by atoms with Crippen molar-refractivity contribution in [3.8, 4) is 11.3 Å². The molecule has 0 N–H and O–H groups in total. The van der Waals surface area contributed by atoms with Gasteiger partial charge in [-0.1, -0.05) is 0 Å². The predicted molar refractivity (Wildman–Crippen MR) is 104 cm³/mol. The second-order valence-electron chi connectivity index (χ2n) is 7.35. The molecule has 0 atom stereocenters. The van der Waals surface area contributed by atoms with Gasteiger partial charge in [-0.25, -0.2) is 4.68 Å². The summed E-state index contributed by atoms with van der Waals surface area (Å²) in [6.07, 6.45) is 3.94. The Balaban J connectivity index is 1.29. The molecule has 0 radical (unpaired) electrons. The number of carbonyl (C=O) groups is 1. The smallest absolute Gasteiger partial charge is 0.266 e. The van der Waals surface area contributed by atoms with E-state index in [1.54, 1.807) is 29.2 Å². The highest BCUT2D eigenvalue weighted by molar-refractivity contribution is 5.76. The summed E-state index contributed by atoms with van der Waals surface area (Å²) < 4.78 is 6.91. The summed E-state index contributed by atoms with van der Waals surface area (Å²) in [7, 11) is 0. The molecular formula is C20H25N5O3. The highest BCUT2D eigenvalue weighted by atomic mass is 16.5. The number of rotatable bonds is 6. The van der Waals surface area contributed by atoms with Crippen LogP contribution in [0.3, 0.4) is 0 Å².